The molecule has 0 aliphatic rings. The van der Waals surface area contributed by atoms with Gasteiger partial charge in [-0.2, -0.15) is 5.10 Å². The maximum atomic E-state index is 11.7. The highest BCUT2D eigenvalue weighted by Crippen LogP contribution is 2.05. The lowest BCUT2D eigenvalue weighted by Crippen LogP contribution is -2.19. The third-order valence-electron chi connectivity index (χ3n) is 2.28. The Morgan fingerprint density at radius 2 is 2.35 bits per heavy atom. The molecule has 1 aromatic heterocycles. The molecule has 17 heavy (non-hydrogen) atoms. The molecular weight excluding hydrogens is 242 g/mol. The van der Waals surface area contributed by atoms with E-state index in [1.165, 1.54) is 6.33 Å². The summed E-state index contributed by atoms with van der Waals surface area (Å²) in [5.41, 5.74) is 0. The van der Waals surface area contributed by atoms with Crippen molar-refractivity contribution in [3.63, 3.8) is 0 Å². The molecule has 0 spiro atoms. The van der Waals surface area contributed by atoms with Crippen LogP contribution in [0.15, 0.2) is 6.33 Å². The van der Waals surface area contributed by atoms with Gasteiger partial charge in [0.05, 0.1) is 11.7 Å². The fourth-order valence-electron chi connectivity index (χ4n) is 1.35. The number of aryl methyl sites for hydroxylation is 1. The molecule has 1 aromatic rings. The molecule has 0 bridgehead atoms. The molecule has 1 heterocycles. The molecule has 0 aliphatic carbocycles. The molecule has 0 aromatic carbocycles. The first-order valence-corrected chi connectivity index (χ1v) is 6.97. The maximum absolute atomic E-state index is 11.7. The first kappa shape index (κ1) is 13.8. The Kier molecular flexibility index (Phi) is 5.27. The van der Waals surface area contributed by atoms with Crippen LogP contribution in [0.4, 0.5) is 0 Å². The van der Waals surface area contributed by atoms with Crippen LogP contribution in [0.1, 0.15) is 26.1 Å². The normalized spacial score (nSPS) is 14.5. The summed E-state index contributed by atoms with van der Waals surface area (Å²) < 4.78 is 13.5. The van der Waals surface area contributed by atoms with Crippen LogP contribution in [0.5, 0.6) is 0 Å². The molecular formula is C10H17N3O3S. The smallest absolute Gasteiger partial charge is 0.307 e. The van der Waals surface area contributed by atoms with Gasteiger partial charge in [0.25, 0.3) is 0 Å². The third-order valence-corrected chi connectivity index (χ3v) is 3.73. The van der Waals surface area contributed by atoms with E-state index in [0.717, 1.165) is 13.0 Å². The van der Waals surface area contributed by atoms with E-state index in [2.05, 4.69) is 10.1 Å². The fourth-order valence-corrected chi connectivity index (χ4v) is 2.68. The Morgan fingerprint density at radius 3 is 2.94 bits per heavy atom. The van der Waals surface area contributed by atoms with E-state index in [0.29, 0.717) is 5.82 Å². The molecule has 96 valence electrons. The summed E-state index contributed by atoms with van der Waals surface area (Å²) in [5, 5.41) is 12.8. The maximum Gasteiger partial charge on any atom is 0.307 e. The summed E-state index contributed by atoms with van der Waals surface area (Å²) in [6.07, 6.45) is 2.36. The first-order valence-electron chi connectivity index (χ1n) is 5.49. The monoisotopic (exact) mass is 259 g/mol. The average molecular weight is 259 g/mol. The Hall–Kier alpha value is -1.24. The van der Waals surface area contributed by atoms with Crippen molar-refractivity contribution in [3.8, 4) is 0 Å². The molecule has 2 unspecified atom stereocenters. The number of hydrogen-bond acceptors (Lipinski definition) is 4. The molecule has 0 saturated carbocycles. The zero-order valence-electron chi connectivity index (χ0n) is 10.00. The number of nitrogens with zero attached hydrogens (tertiary/aromatic N) is 3. The van der Waals surface area contributed by atoms with Gasteiger partial charge in [-0.05, 0) is 6.42 Å². The van der Waals surface area contributed by atoms with E-state index in [9.17, 15) is 9.00 Å². The van der Waals surface area contributed by atoms with E-state index >= 15 is 0 Å². The van der Waals surface area contributed by atoms with Crippen LogP contribution in [0.25, 0.3) is 0 Å². The molecule has 1 rings (SSSR count). The minimum atomic E-state index is -1.22. The fraction of sp³-hybridized carbons (Fsp3) is 0.700. The van der Waals surface area contributed by atoms with Gasteiger partial charge in [0.15, 0.2) is 0 Å². The largest absolute Gasteiger partial charge is 0.481 e. The van der Waals surface area contributed by atoms with Crippen molar-refractivity contribution in [2.45, 2.75) is 32.6 Å². The molecule has 0 aliphatic heterocycles. The highest BCUT2D eigenvalue weighted by atomic mass is 32.2. The van der Waals surface area contributed by atoms with Gasteiger partial charge in [0.2, 0.25) is 0 Å². The number of rotatable bonds is 7. The van der Waals surface area contributed by atoms with Gasteiger partial charge in [-0.15, -0.1) is 0 Å². The highest BCUT2D eigenvalue weighted by molar-refractivity contribution is 7.84. The van der Waals surface area contributed by atoms with Gasteiger partial charge in [-0.3, -0.25) is 9.00 Å². The first-order chi connectivity index (χ1) is 8.04. The topological polar surface area (TPSA) is 85.1 Å². The molecule has 1 N–H and O–H groups in total. The lowest BCUT2D eigenvalue weighted by Gasteiger charge is -2.07. The number of hydrogen-bond donors (Lipinski definition) is 1. The van der Waals surface area contributed by atoms with Gasteiger partial charge in [0.1, 0.15) is 12.2 Å². The minimum absolute atomic E-state index is 0.147. The van der Waals surface area contributed by atoms with Crippen LogP contribution >= 0.6 is 0 Å². The van der Waals surface area contributed by atoms with Gasteiger partial charge in [-0.1, -0.05) is 13.8 Å². The SMILES string of the molecule is CCCn1ncnc1CS(=O)CC(C)C(=O)O. The quantitative estimate of drug-likeness (QED) is 0.777. The molecule has 2 atom stereocenters. The van der Waals surface area contributed by atoms with E-state index in [-0.39, 0.29) is 11.5 Å². The number of carboxylic acids is 1. The predicted molar refractivity (Wildman–Crippen MR) is 63.8 cm³/mol. The summed E-state index contributed by atoms with van der Waals surface area (Å²) in [7, 11) is -1.22. The summed E-state index contributed by atoms with van der Waals surface area (Å²) in [6.45, 7) is 4.31. The molecule has 0 radical (unpaired) electrons. The zero-order valence-corrected chi connectivity index (χ0v) is 10.8. The summed E-state index contributed by atoms with van der Waals surface area (Å²) >= 11 is 0. The van der Waals surface area contributed by atoms with Crippen LogP contribution in [-0.2, 0) is 27.9 Å². The van der Waals surface area contributed by atoms with Crippen molar-refractivity contribution >= 4 is 16.8 Å². The third kappa shape index (κ3) is 4.26. The Balaban J connectivity index is 2.55. The van der Waals surface area contributed by atoms with Crippen molar-refractivity contribution in [3.05, 3.63) is 12.2 Å². The summed E-state index contributed by atoms with van der Waals surface area (Å²) in [5.74, 6) is -0.458. The van der Waals surface area contributed by atoms with Gasteiger partial charge in [0, 0.05) is 23.1 Å². The number of aromatic nitrogens is 3. The molecule has 0 fully saturated rings. The van der Waals surface area contributed by atoms with Crippen molar-refractivity contribution in [1.29, 1.82) is 0 Å². The van der Waals surface area contributed by atoms with Gasteiger partial charge in [-0.25, -0.2) is 9.67 Å². The lowest BCUT2D eigenvalue weighted by atomic mass is 10.2. The number of carbonyl (C=O) groups is 1. The molecule has 0 saturated heterocycles. The van der Waals surface area contributed by atoms with Crippen LogP contribution < -0.4 is 0 Å². The Labute approximate surface area is 103 Å². The number of aliphatic carboxylic acids is 1. The average Bonchev–Trinajstić information content (AvgIpc) is 2.66. The van der Waals surface area contributed by atoms with Crippen molar-refractivity contribution in [2.24, 2.45) is 5.92 Å². The standard InChI is InChI=1S/C10H17N3O3S/c1-3-4-13-9(11-7-12-13)6-17(16)5-8(2)10(14)15/h7-8H,3-6H2,1-2H3,(H,14,15). The van der Waals surface area contributed by atoms with Gasteiger partial charge < -0.3 is 5.11 Å². The van der Waals surface area contributed by atoms with Crippen molar-refractivity contribution < 1.29 is 14.1 Å². The Bertz CT molecular complexity index is 405. The van der Waals surface area contributed by atoms with Gasteiger partial charge >= 0.3 is 5.97 Å². The molecule has 6 nitrogen and oxygen atoms in total. The van der Waals surface area contributed by atoms with Crippen molar-refractivity contribution in [1.82, 2.24) is 14.8 Å². The van der Waals surface area contributed by atoms with Crippen LogP contribution in [0.3, 0.4) is 0 Å². The molecule has 0 amide bonds. The minimum Gasteiger partial charge on any atom is -0.481 e. The number of carboxylic acid groups (broad SMARTS) is 1. The summed E-state index contributed by atoms with van der Waals surface area (Å²) in [6, 6.07) is 0. The lowest BCUT2D eigenvalue weighted by molar-refractivity contribution is -0.140. The Morgan fingerprint density at radius 1 is 1.65 bits per heavy atom. The van der Waals surface area contributed by atoms with Crippen LogP contribution in [0, 0.1) is 5.92 Å². The van der Waals surface area contributed by atoms with E-state index in [1.54, 1.807) is 11.6 Å². The van der Waals surface area contributed by atoms with Crippen LogP contribution in [-0.4, -0.2) is 35.8 Å². The summed E-state index contributed by atoms with van der Waals surface area (Å²) in [4.78, 5) is 14.7. The van der Waals surface area contributed by atoms with E-state index < -0.39 is 22.7 Å². The van der Waals surface area contributed by atoms with Crippen LogP contribution in [0.2, 0.25) is 0 Å². The van der Waals surface area contributed by atoms with Crippen molar-refractivity contribution in [2.75, 3.05) is 5.75 Å². The molecule has 7 heteroatoms. The van der Waals surface area contributed by atoms with E-state index in [1.807, 2.05) is 6.92 Å². The zero-order chi connectivity index (χ0) is 12.8. The predicted octanol–water partition coefficient (Wildman–Crippen LogP) is 0.658. The second-order valence-electron chi connectivity index (χ2n) is 3.89. The second kappa shape index (κ2) is 6.48. The van der Waals surface area contributed by atoms with E-state index in [4.69, 9.17) is 5.11 Å². The second-order valence-corrected chi connectivity index (χ2v) is 5.39. The highest BCUT2D eigenvalue weighted by Gasteiger charge is 2.16.